The molecule has 0 unspecified atom stereocenters. The highest BCUT2D eigenvalue weighted by atomic mass is 32.2. The van der Waals surface area contributed by atoms with Crippen molar-refractivity contribution in [2.45, 2.75) is 11.1 Å². The highest BCUT2D eigenvalue weighted by Gasteiger charge is 2.30. The maximum Gasteiger partial charge on any atom is 0.416 e. The molecule has 3 aromatic carbocycles. The minimum absolute atomic E-state index is 0.0332. The summed E-state index contributed by atoms with van der Waals surface area (Å²) in [5.41, 5.74) is 1.74. The van der Waals surface area contributed by atoms with Gasteiger partial charge in [-0.25, -0.2) is 18.4 Å². The van der Waals surface area contributed by atoms with Crippen molar-refractivity contribution in [3.05, 3.63) is 96.4 Å². The zero-order chi connectivity index (χ0) is 32.3. The minimum atomic E-state index is -4.46. The van der Waals surface area contributed by atoms with Crippen molar-refractivity contribution >= 4 is 32.5 Å². The molecule has 0 aliphatic carbocycles. The molecule has 0 bridgehead atoms. The van der Waals surface area contributed by atoms with E-state index in [1.807, 2.05) is 12.1 Å². The number of pyridine rings is 1. The number of halogens is 3. The van der Waals surface area contributed by atoms with Crippen LogP contribution in [0.1, 0.15) is 11.1 Å². The van der Waals surface area contributed by atoms with Crippen LogP contribution in [0.15, 0.2) is 90.2 Å². The van der Waals surface area contributed by atoms with Gasteiger partial charge in [-0.2, -0.15) is 22.8 Å². The van der Waals surface area contributed by atoms with E-state index in [9.17, 15) is 26.9 Å². The highest BCUT2D eigenvalue weighted by molar-refractivity contribution is 7.93. The van der Waals surface area contributed by atoms with E-state index >= 15 is 0 Å². The van der Waals surface area contributed by atoms with Crippen molar-refractivity contribution in [1.82, 2.24) is 19.7 Å². The van der Waals surface area contributed by atoms with E-state index in [2.05, 4.69) is 29.3 Å². The molecular weight excluding hydrogens is 640 g/mol. The number of anilines is 2. The van der Waals surface area contributed by atoms with Gasteiger partial charge in [-0.05, 0) is 71.3 Å². The molecule has 15 heteroatoms. The molecule has 0 saturated carbocycles. The average Bonchev–Trinajstić information content (AvgIpc) is 3.57. The van der Waals surface area contributed by atoms with E-state index in [0.717, 1.165) is 61.2 Å². The zero-order valence-corrected chi connectivity index (χ0v) is 25.5. The molecule has 1 saturated heterocycles. The Kier molecular flexibility index (Phi) is 8.59. The second-order valence-electron chi connectivity index (χ2n) is 10.1. The number of nitriles is 1. The van der Waals surface area contributed by atoms with Crippen molar-refractivity contribution in [2.75, 3.05) is 35.8 Å². The number of ether oxygens (including phenoxy) is 1. The van der Waals surface area contributed by atoms with Crippen molar-refractivity contribution < 1.29 is 26.3 Å². The molecule has 0 radical (unpaired) electrons. The third kappa shape index (κ3) is 6.79. The molecule has 1 aliphatic heterocycles. The van der Waals surface area contributed by atoms with Gasteiger partial charge < -0.3 is 15.0 Å². The molecular formula is C31H24F3N7O3S2. The molecule has 6 rings (SSSR count). The molecule has 0 spiro atoms. The Labute approximate surface area is 266 Å². The summed E-state index contributed by atoms with van der Waals surface area (Å²) in [7, 11) is -4.06. The van der Waals surface area contributed by atoms with Crippen molar-refractivity contribution in [3.8, 4) is 39.8 Å². The monoisotopic (exact) mass is 663 g/mol. The Hall–Kier alpha value is -5.04. The minimum Gasteiger partial charge on any atom is -0.455 e. The fraction of sp³-hybridized carbons (Fsp3) is 0.161. The quantitative estimate of drug-likeness (QED) is 0.200. The molecule has 1 fully saturated rings. The number of aromatic nitrogens is 3. The summed E-state index contributed by atoms with van der Waals surface area (Å²) in [6.07, 6.45) is -1.57. The molecule has 0 atom stereocenters. The topological polar surface area (TPSA) is 133 Å². The fourth-order valence-corrected chi connectivity index (χ4v) is 6.58. The summed E-state index contributed by atoms with van der Waals surface area (Å²) < 4.78 is 77.7. The first kappa shape index (κ1) is 31.0. The normalized spacial score (nSPS) is 13.7. The predicted molar refractivity (Wildman–Crippen MR) is 167 cm³/mol. The number of nitrogens with one attached hydrogen (secondary N) is 2. The van der Waals surface area contributed by atoms with Crippen molar-refractivity contribution in [1.29, 1.82) is 5.26 Å². The van der Waals surface area contributed by atoms with Gasteiger partial charge in [-0.1, -0.05) is 18.2 Å². The first-order chi connectivity index (χ1) is 22.1. The van der Waals surface area contributed by atoms with Gasteiger partial charge in [0.15, 0.2) is 0 Å². The number of piperazine rings is 1. The smallest absolute Gasteiger partial charge is 0.416 e. The molecule has 2 N–H and O–H groups in total. The number of rotatable bonds is 8. The summed E-state index contributed by atoms with van der Waals surface area (Å²) in [6, 6.07) is 19.6. The number of sulfonamides is 1. The van der Waals surface area contributed by atoms with Gasteiger partial charge in [0.05, 0.1) is 16.0 Å². The SMILES string of the molecule is N#Cc1cc(S(=O)(=O)Nc2ncns2)ccc1Oc1ccc(-c2ccc(C(F)(F)F)cc2)cc1-c1ccnc(N2CCNCC2)c1. The van der Waals surface area contributed by atoms with Crippen LogP contribution < -0.4 is 19.7 Å². The van der Waals surface area contributed by atoms with Crippen LogP contribution >= 0.6 is 11.5 Å². The molecule has 46 heavy (non-hydrogen) atoms. The number of hydrogen-bond donors (Lipinski definition) is 2. The van der Waals surface area contributed by atoms with Crippen LogP contribution in [0.3, 0.4) is 0 Å². The van der Waals surface area contributed by atoms with E-state index in [4.69, 9.17) is 4.74 Å². The lowest BCUT2D eigenvalue weighted by molar-refractivity contribution is -0.137. The summed E-state index contributed by atoms with van der Waals surface area (Å²) in [5.74, 6) is 1.20. The fourth-order valence-electron chi connectivity index (χ4n) is 4.89. The second kappa shape index (κ2) is 12.8. The number of alkyl halides is 3. The Morgan fingerprint density at radius 1 is 0.913 bits per heavy atom. The first-order valence-electron chi connectivity index (χ1n) is 13.9. The lowest BCUT2D eigenvalue weighted by Gasteiger charge is -2.28. The Morgan fingerprint density at radius 3 is 2.35 bits per heavy atom. The second-order valence-corrected chi connectivity index (χ2v) is 12.6. The Bertz CT molecular complexity index is 2010. The third-order valence-corrected chi connectivity index (χ3v) is 9.25. The van der Waals surface area contributed by atoms with Gasteiger partial charge in [0.2, 0.25) is 5.13 Å². The van der Waals surface area contributed by atoms with E-state index in [1.54, 1.807) is 30.5 Å². The third-order valence-electron chi connectivity index (χ3n) is 7.21. The molecule has 1 aliphatic rings. The molecule has 3 heterocycles. The molecule has 5 aromatic rings. The van der Waals surface area contributed by atoms with E-state index in [0.29, 0.717) is 22.4 Å². The van der Waals surface area contributed by atoms with Crippen molar-refractivity contribution in [3.63, 3.8) is 0 Å². The average molecular weight is 664 g/mol. The van der Waals surface area contributed by atoms with Gasteiger partial charge in [0, 0.05) is 49.5 Å². The van der Waals surface area contributed by atoms with Gasteiger partial charge in [0.1, 0.15) is 29.7 Å². The van der Waals surface area contributed by atoms with Gasteiger partial charge in [-0.3, -0.25) is 4.72 Å². The van der Waals surface area contributed by atoms with Crippen LogP contribution in [0.4, 0.5) is 24.1 Å². The Balaban J connectivity index is 1.39. The van der Waals surface area contributed by atoms with Crippen LogP contribution in [-0.4, -0.2) is 48.9 Å². The largest absolute Gasteiger partial charge is 0.455 e. The summed E-state index contributed by atoms with van der Waals surface area (Å²) in [6.45, 7) is 3.14. The first-order valence-corrected chi connectivity index (χ1v) is 16.1. The van der Waals surface area contributed by atoms with E-state index < -0.39 is 21.8 Å². The van der Waals surface area contributed by atoms with Crippen molar-refractivity contribution in [2.24, 2.45) is 0 Å². The van der Waals surface area contributed by atoms with Crippen LogP contribution in [0.2, 0.25) is 0 Å². The van der Waals surface area contributed by atoms with E-state index in [-0.39, 0.29) is 21.3 Å². The van der Waals surface area contributed by atoms with Crippen LogP contribution in [0.5, 0.6) is 11.5 Å². The lowest BCUT2D eigenvalue weighted by Crippen LogP contribution is -2.43. The summed E-state index contributed by atoms with van der Waals surface area (Å²) in [4.78, 5) is 10.3. The number of nitrogens with zero attached hydrogens (tertiary/aromatic N) is 5. The maximum absolute atomic E-state index is 13.2. The number of benzene rings is 3. The summed E-state index contributed by atoms with van der Waals surface area (Å²) in [5, 5.41) is 13.3. The highest BCUT2D eigenvalue weighted by Crippen LogP contribution is 2.39. The van der Waals surface area contributed by atoms with Gasteiger partial charge in [0.25, 0.3) is 10.0 Å². The number of hydrogen-bond acceptors (Lipinski definition) is 10. The zero-order valence-electron chi connectivity index (χ0n) is 23.8. The standard InChI is InChI=1S/C31H24F3N7O3S2/c32-31(33,34)24-4-1-20(2-5-24)21-3-7-28(26(16-21)22-9-10-37-29(17-22)41-13-11-36-12-14-41)44-27-8-6-25(15-23(27)18-35)46(42,43)40-30-38-19-39-45-30/h1-10,15-17,19,36H,11-14H2,(H,38,39,40). The molecule has 10 nitrogen and oxygen atoms in total. The molecule has 234 valence electrons. The van der Waals surface area contributed by atoms with Crippen LogP contribution in [0.25, 0.3) is 22.3 Å². The molecule has 2 aromatic heterocycles. The van der Waals surface area contributed by atoms with Gasteiger partial charge >= 0.3 is 6.18 Å². The van der Waals surface area contributed by atoms with Crippen LogP contribution in [-0.2, 0) is 16.2 Å². The summed E-state index contributed by atoms with van der Waals surface area (Å²) >= 11 is 0.868. The lowest BCUT2D eigenvalue weighted by atomic mass is 9.97. The predicted octanol–water partition coefficient (Wildman–Crippen LogP) is 6.16. The Morgan fingerprint density at radius 2 is 1.65 bits per heavy atom. The van der Waals surface area contributed by atoms with Crippen LogP contribution in [0, 0.1) is 11.3 Å². The maximum atomic E-state index is 13.2. The van der Waals surface area contributed by atoms with Gasteiger partial charge in [-0.15, -0.1) is 0 Å². The molecule has 0 amide bonds. The van der Waals surface area contributed by atoms with E-state index in [1.165, 1.54) is 36.7 Å².